The molecule has 2 aromatic heterocycles. The van der Waals surface area contributed by atoms with Gasteiger partial charge in [-0.25, -0.2) is 0 Å². The monoisotopic (exact) mass is 954 g/mol. The van der Waals surface area contributed by atoms with Crippen molar-refractivity contribution in [2.45, 2.75) is 61.8 Å². The average molecular weight is 955 g/mol. The molecule has 0 radical (unpaired) electrons. The van der Waals surface area contributed by atoms with E-state index in [4.69, 9.17) is 29.9 Å². The Hall–Kier alpha value is -9.02. The molecule has 10 nitrogen and oxygen atoms in total. The number of benzene rings is 8. The number of nitrogens with zero attached hydrogens (tertiary/aromatic N) is 10. The Morgan fingerprint density at radius 1 is 0.219 bits per heavy atom. The van der Waals surface area contributed by atoms with Gasteiger partial charge < -0.3 is 0 Å². The minimum atomic E-state index is 0.126. The molecule has 73 heavy (non-hydrogen) atoms. The van der Waals surface area contributed by atoms with Gasteiger partial charge in [0, 0.05) is 0 Å². The van der Waals surface area contributed by atoms with E-state index >= 15 is 0 Å². The van der Waals surface area contributed by atoms with Crippen LogP contribution in [0.4, 0.5) is 69.3 Å². The molecule has 10 rings (SSSR count). The third-order valence-electron chi connectivity index (χ3n) is 13.3. The number of hydrogen-bond donors (Lipinski definition) is 0. The second kappa shape index (κ2) is 20.8. The quantitative estimate of drug-likeness (QED) is 0.105. The summed E-state index contributed by atoms with van der Waals surface area (Å²) < 4.78 is 0. The van der Waals surface area contributed by atoms with E-state index in [2.05, 4.69) is 269 Å². The zero-order chi connectivity index (χ0) is 50.6. The summed E-state index contributed by atoms with van der Waals surface area (Å²) >= 11 is 0. The fourth-order valence-electron chi connectivity index (χ4n) is 9.39. The zero-order valence-electron chi connectivity index (χ0n) is 42.7. The zero-order valence-corrected chi connectivity index (χ0v) is 42.7. The van der Waals surface area contributed by atoms with Crippen LogP contribution in [0.5, 0.6) is 0 Å². The van der Waals surface area contributed by atoms with Crippen LogP contribution in [0.2, 0.25) is 0 Å². The Morgan fingerprint density at radius 2 is 0.370 bits per heavy atom. The lowest BCUT2D eigenvalue weighted by Gasteiger charge is -2.30. The van der Waals surface area contributed by atoms with Gasteiger partial charge >= 0.3 is 0 Å². The summed E-state index contributed by atoms with van der Waals surface area (Å²) in [6.45, 7) is 17.0. The molecule has 0 saturated carbocycles. The van der Waals surface area contributed by atoms with Crippen molar-refractivity contribution in [3.8, 4) is 0 Å². The van der Waals surface area contributed by atoms with Crippen molar-refractivity contribution in [1.29, 1.82) is 0 Å². The highest BCUT2D eigenvalue weighted by Crippen LogP contribution is 2.43. The minimum absolute atomic E-state index is 0.126. The SMILES string of the molecule is Cc1ccccc1N(c1nc(Cc2nc(N(c3ccccc3C)c3ccccc3C)nc(N(c3ccccc3C)c3ccccc3C)n2)nc(N(c2ccccc2C)c2ccccc2C)n1)c1ccccc1C. The van der Waals surface area contributed by atoms with Crippen LogP contribution < -0.4 is 19.6 Å². The molecule has 0 spiro atoms. The highest BCUT2D eigenvalue weighted by Gasteiger charge is 2.29. The first-order chi connectivity index (χ1) is 35.5. The molecule has 0 saturated heterocycles. The maximum absolute atomic E-state index is 5.49. The second-order valence-electron chi connectivity index (χ2n) is 18.5. The van der Waals surface area contributed by atoms with Crippen molar-refractivity contribution in [3.05, 3.63) is 250 Å². The fraction of sp³-hybridized carbons (Fsp3) is 0.143. The van der Waals surface area contributed by atoms with Crippen LogP contribution in [-0.2, 0) is 6.42 Å². The largest absolute Gasteiger partial charge is 0.278 e. The summed E-state index contributed by atoms with van der Waals surface area (Å²) in [5, 5.41) is 0. The van der Waals surface area contributed by atoms with Gasteiger partial charge in [-0.3, -0.25) is 19.6 Å². The van der Waals surface area contributed by atoms with Gasteiger partial charge in [-0.2, -0.15) is 29.9 Å². The Bertz CT molecular complexity index is 2960. The molecular formula is C63H58N10. The molecule has 0 bridgehead atoms. The lowest BCUT2D eigenvalue weighted by atomic mass is 10.1. The predicted molar refractivity (Wildman–Crippen MR) is 299 cm³/mol. The van der Waals surface area contributed by atoms with Gasteiger partial charge in [-0.1, -0.05) is 146 Å². The van der Waals surface area contributed by atoms with Crippen molar-refractivity contribution in [1.82, 2.24) is 29.9 Å². The van der Waals surface area contributed by atoms with Gasteiger partial charge in [0.25, 0.3) is 0 Å². The summed E-state index contributed by atoms with van der Waals surface area (Å²) in [6, 6.07) is 66.8. The van der Waals surface area contributed by atoms with Crippen LogP contribution in [0, 0.1) is 55.4 Å². The van der Waals surface area contributed by atoms with E-state index in [0.717, 1.165) is 90.0 Å². The second-order valence-corrected chi connectivity index (χ2v) is 18.5. The van der Waals surface area contributed by atoms with Crippen molar-refractivity contribution < 1.29 is 0 Å². The van der Waals surface area contributed by atoms with E-state index in [9.17, 15) is 0 Å². The van der Waals surface area contributed by atoms with Gasteiger partial charge in [0.15, 0.2) is 0 Å². The van der Waals surface area contributed by atoms with E-state index in [-0.39, 0.29) is 6.42 Å². The number of aryl methyl sites for hydroxylation is 8. The normalized spacial score (nSPS) is 11.1. The van der Waals surface area contributed by atoms with Crippen molar-refractivity contribution >= 4 is 69.3 Å². The predicted octanol–water partition coefficient (Wildman–Crippen LogP) is 16.0. The topological polar surface area (TPSA) is 90.3 Å². The Balaban J connectivity index is 1.27. The lowest BCUT2D eigenvalue weighted by Crippen LogP contribution is -2.23. The molecule has 10 aromatic rings. The summed E-state index contributed by atoms with van der Waals surface area (Å²) in [7, 11) is 0. The Morgan fingerprint density at radius 3 is 0.521 bits per heavy atom. The van der Waals surface area contributed by atoms with Crippen LogP contribution in [0.3, 0.4) is 0 Å². The molecule has 0 aliphatic carbocycles. The number of hydrogen-bond acceptors (Lipinski definition) is 10. The van der Waals surface area contributed by atoms with Crippen LogP contribution in [-0.4, -0.2) is 29.9 Å². The standard InChI is InChI=1S/C63H58N10/c1-42-25-9-17-33-50(42)70(51-34-18-10-26-43(51)2)60-64-58(65-61(68-60)71(52-35-19-11-27-44(52)3)53-36-20-12-28-45(53)4)41-59-66-62(72(54-37-21-13-29-46(54)5)55-38-22-14-30-47(55)6)69-63(67-59)73(56-39-23-15-31-48(56)7)57-40-24-16-32-49(57)8/h9-40H,41H2,1-8H3. The van der Waals surface area contributed by atoms with E-state index in [0.29, 0.717) is 35.4 Å². The van der Waals surface area contributed by atoms with Gasteiger partial charge in [-0.05, 0) is 148 Å². The summed E-state index contributed by atoms with van der Waals surface area (Å²) in [5.74, 6) is 2.75. The molecule has 2 heterocycles. The molecular weight excluding hydrogens is 897 g/mol. The van der Waals surface area contributed by atoms with E-state index < -0.39 is 0 Å². The van der Waals surface area contributed by atoms with Crippen molar-refractivity contribution in [2.24, 2.45) is 0 Å². The minimum Gasteiger partial charge on any atom is -0.278 e. The molecule has 0 aliphatic heterocycles. The molecule has 10 heteroatoms. The van der Waals surface area contributed by atoms with Gasteiger partial charge in [0.1, 0.15) is 11.6 Å². The molecule has 0 amide bonds. The Kier molecular flexibility index (Phi) is 13.5. The maximum atomic E-state index is 5.49. The average Bonchev–Trinajstić information content (AvgIpc) is 3.39. The molecule has 0 fully saturated rings. The number of para-hydroxylation sites is 8. The van der Waals surface area contributed by atoms with Gasteiger partial charge in [0.2, 0.25) is 23.8 Å². The van der Waals surface area contributed by atoms with Gasteiger partial charge in [-0.15, -0.1) is 0 Å². The first-order valence-electron chi connectivity index (χ1n) is 24.7. The van der Waals surface area contributed by atoms with E-state index in [1.165, 1.54) is 0 Å². The molecule has 0 unspecified atom stereocenters. The third-order valence-corrected chi connectivity index (χ3v) is 13.3. The number of anilines is 12. The maximum Gasteiger partial charge on any atom is 0.239 e. The number of rotatable bonds is 14. The van der Waals surface area contributed by atoms with Crippen LogP contribution in [0.1, 0.15) is 56.2 Å². The van der Waals surface area contributed by atoms with Crippen molar-refractivity contribution in [3.63, 3.8) is 0 Å². The first-order valence-corrected chi connectivity index (χ1v) is 24.7. The van der Waals surface area contributed by atoms with Crippen LogP contribution >= 0.6 is 0 Å². The highest BCUT2D eigenvalue weighted by molar-refractivity contribution is 5.82. The summed E-state index contributed by atoms with van der Waals surface area (Å²) in [4.78, 5) is 41.4. The van der Waals surface area contributed by atoms with Gasteiger partial charge in [0.05, 0.1) is 51.9 Å². The first kappa shape index (κ1) is 47.6. The van der Waals surface area contributed by atoms with E-state index in [1.54, 1.807) is 0 Å². The summed E-state index contributed by atoms with van der Waals surface area (Å²) in [5.41, 5.74) is 16.1. The summed E-state index contributed by atoms with van der Waals surface area (Å²) in [6.07, 6.45) is 0.126. The molecule has 360 valence electrons. The highest BCUT2D eigenvalue weighted by atomic mass is 15.4. The van der Waals surface area contributed by atoms with E-state index in [1.807, 2.05) is 0 Å². The smallest absolute Gasteiger partial charge is 0.239 e. The molecule has 0 aliphatic rings. The molecule has 0 N–H and O–H groups in total. The molecule has 8 aromatic carbocycles. The third kappa shape index (κ3) is 9.75. The van der Waals surface area contributed by atoms with Crippen LogP contribution in [0.15, 0.2) is 194 Å². The molecule has 0 atom stereocenters. The number of aromatic nitrogens is 6. The van der Waals surface area contributed by atoms with Crippen LogP contribution in [0.25, 0.3) is 0 Å². The lowest BCUT2D eigenvalue weighted by molar-refractivity contribution is 0.833. The fourth-order valence-corrected chi connectivity index (χ4v) is 9.39. The van der Waals surface area contributed by atoms with Crippen molar-refractivity contribution in [2.75, 3.05) is 19.6 Å². The Labute approximate surface area is 429 Å².